The van der Waals surface area contributed by atoms with E-state index in [1.807, 2.05) is 0 Å². The van der Waals surface area contributed by atoms with Gasteiger partial charge in [0.1, 0.15) is 5.82 Å². The Morgan fingerprint density at radius 2 is 2.12 bits per heavy atom. The van der Waals surface area contributed by atoms with Gasteiger partial charge in [0, 0.05) is 12.7 Å². The molecule has 1 atom stereocenters. The molecule has 0 aliphatic carbocycles. The Balaban J connectivity index is 2.52. The van der Waals surface area contributed by atoms with Gasteiger partial charge in [-0.15, -0.1) is 0 Å². The first-order valence-corrected chi connectivity index (χ1v) is 4.85. The highest BCUT2D eigenvalue weighted by Crippen LogP contribution is 2.28. The molecule has 1 heterocycles. The molecule has 1 rings (SSSR count). The quantitative estimate of drug-likeness (QED) is 0.840. The Hall–Kier alpha value is -1.30. The molecule has 16 heavy (non-hydrogen) atoms. The molecule has 90 valence electrons. The number of rotatable bonds is 4. The summed E-state index contributed by atoms with van der Waals surface area (Å²) in [5.74, 6) is 0.369. The lowest BCUT2D eigenvalue weighted by Gasteiger charge is -2.09. The lowest BCUT2D eigenvalue weighted by Crippen LogP contribution is -2.11. The van der Waals surface area contributed by atoms with Gasteiger partial charge in [-0.3, -0.25) is 0 Å². The van der Waals surface area contributed by atoms with E-state index in [-0.39, 0.29) is 0 Å². The summed E-state index contributed by atoms with van der Waals surface area (Å²) < 4.78 is 36.6. The van der Waals surface area contributed by atoms with E-state index < -0.39 is 17.8 Å². The molecule has 3 nitrogen and oxygen atoms in total. The summed E-state index contributed by atoms with van der Waals surface area (Å²) in [4.78, 5) is 3.63. The van der Waals surface area contributed by atoms with Crippen molar-refractivity contribution in [3.8, 4) is 0 Å². The monoisotopic (exact) mass is 234 g/mol. The van der Waals surface area contributed by atoms with Crippen molar-refractivity contribution in [2.45, 2.75) is 25.6 Å². The van der Waals surface area contributed by atoms with Crippen molar-refractivity contribution >= 4 is 5.82 Å². The number of halogens is 3. The molecule has 0 saturated carbocycles. The van der Waals surface area contributed by atoms with E-state index in [9.17, 15) is 13.2 Å². The van der Waals surface area contributed by atoms with Crippen LogP contribution in [0.1, 0.15) is 18.9 Å². The van der Waals surface area contributed by atoms with Crippen molar-refractivity contribution < 1.29 is 18.3 Å². The van der Waals surface area contributed by atoms with Gasteiger partial charge in [0.05, 0.1) is 11.7 Å². The molecule has 0 spiro atoms. The average Bonchev–Trinajstić information content (AvgIpc) is 2.16. The van der Waals surface area contributed by atoms with Crippen molar-refractivity contribution in [2.75, 3.05) is 11.9 Å². The lowest BCUT2D eigenvalue weighted by atomic mass is 10.2. The van der Waals surface area contributed by atoms with Gasteiger partial charge < -0.3 is 10.4 Å². The van der Waals surface area contributed by atoms with Gasteiger partial charge >= 0.3 is 6.18 Å². The molecular formula is C10H13F3N2O. The normalized spacial score (nSPS) is 13.6. The second-order valence-corrected chi connectivity index (χ2v) is 3.49. The molecule has 1 aromatic rings. The molecule has 1 unspecified atom stereocenters. The number of aliphatic hydroxyl groups excluding tert-OH is 1. The van der Waals surface area contributed by atoms with E-state index >= 15 is 0 Å². The van der Waals surface area contributed by atoms with Gasteiger partial charge in [0.15, 0.2) is 0 Å². The third-order valence-corrected chi connectivity index (χ3v) is 1.96. The molecule has 0 aliphatic heterocycles. The number of hydrogen-bond donors (Lipinski definition) is 2. The zero-order valence-electron chi connectivity index (χ0n) is 8.75. The highest BCUT2D eigenvalue weighted by molar-refractivity contribution is 5.35. The van der Waals surface area contributed by atoms with Crippen molar-refractivity contribution in [1.29, 1.82) is 0 Å². The van der Waals surface area contributed by atoms with Gasteiger partial charge in [0.25, 0.3) is 0 Å². The van der Waals surface area contributed by atoms with E-state index in [0.717, 1.165) is 12.3 Å². The minimum atomic E-state index is -4.36. The fourth-order valence-corrected chi connectivity index (χ4v) is 1.08. The standard InChI is InChI=1S/C10H13F3N2O/c1-7(16)4-5-14-9-3-2-8(6-15-9)10(11,12)13/h2-3,6-7,16H,4-5H2,1H3,(H,14,15). The average molecular weight is 234 g/mol. The van der Waals surface area contributed by atoms with Crippen LogP contribution in [0.4, 0.5) is 19.0 Å². The van der Waals surface area contributed by atoms with Gasteiger partial charge in [0.2, 0.25) is 0 Å². The minimum absolute atomic E-state index is 0.369. The van der Waals surface area contributed by atoms with Crippen LogP contribution >= 0.6 is 0 Å². The first-order valence-electron chi connectivity index (χ1n) is 4.85. The third-order valence-electron chi connectivity index (χ3n) is 1.96. The van der Waals surface area contributed by atoms with Crippen molar-refractivity contribution in [3.05, 3.63) is 23.9 Å². The van der Waals surface area contributed by atoms with Gasteiger partial charge in [-0.05, 0) is 25.5 Å². The molecule has 6 heteroatoms. The number of aliphatic hydroxyl groups is 1. The van der Waals surface area contributed by atoms with Crippen LogP contribution in [0, 0.1) is 0 Å². The summed E-state index contributed by atoms with van der Waals surface area (Å²) in [6, 6.07) is 2.24. The lowest BCUT2D eigenvalue weighted by molar-refractivity contribution is -0.137. The second-order valence-electron chi connectivity index (χ2n) is 3.49. The second kappa shape index (κ2) is 5.16. The topological polar surface area (TPSA) is 45.1 Å². The Kier molecular flexibility index (Phi) is 4.12. The number of hydrogen-bond acceptors (Lipinski definition) is 3. The maximum Gasteiger partial charge on any atom is 0.417 e. The highest BCUT2D eigenvalue weighted by atomic mass is 19.4. The van der Waals surface area contributed by atoms with E-state index in [4.69, 9.17) is 5.11 Å². The minimum Gasteiger partial charge on any atom is -0.393 e. The summed E-state index contributed by atoms with van der Waals surface area (Å²) in [6.45, 7) is 2.11. The van der Waals surface area contributed by atoms with Crippen molar-refractivity contribution in [3.63, 3.8) is 0 Å². The van der Waals surface area contributed by atoms with Crippen LogP contribution in [0.5, 0.6) is 0 Å². The number of nitrogens with one attached hydrogen (secondary N) is 1. The summed E-state index contributed by atoms with van der Waals surface area (Å²) >= 11 is 0. The summed E-state index contributed by atoms with van der Waals surface area (Å²) in [5, 5.41) is 11.8. The zero-order chi connectivity index (χ0) is 12.2. The number of nitrogens with zero attached hydrogens (tertiary/aromatic N) is 1. The van der Waals surface area contributed by atoms with Crippen LogP contribution in [0.25, 0.3) is 0 Å². The van der Waals surface area contributed by atoms with Crippen LogP contribution in [0.15, 0.2) is 18.3 Å². The molecule has 0 saturated heterocycles. The zero-order valence-corrected chi connectivity index (χ0v) is 8.75. The van der Waals surface area contributed by atoms with Crippen LogP contribution < -0.4 is 5.32 Å². The molecule has 1 aromatic heterocycles. The van der Waals surface area contributed by atoms with E-state index in [1.165, 1.54) is 6.07 Å². The molecule has 0 fully saturated rings. The Bertz CT molecular complexity index is 322. The van der Waals surface area contributed by atoms with Crippen molar-refractivity contribution in [2.24, 2.45) is 0 Å². The summed E-state index contributed by atoms with van der Waals surface area (Å²) in [7, 11) is 0. The van der Waals surface area contributed by atoms with Gasteiger partial charge in [-0.2, -0.15) is 13.2 Å². The fourth-order valence-electron chi connectivity index (χ4n) is 1.08. The summed E-state index contributed by atoms with van der Waals surface area (Å²) in [6.07, 6.45) is -3.50. The van der Waals surface area contributed by atoms with Gasteiger partial charge in [-0.1, -0.05) is 0 Å². The van der Waals surface area contributed by atoms with Crippen molar-refractivity contribution in [1.82, 2.24) is 4.98 Å². The molecule has 0 bridgehead atoms. The highest BCUT2D eigenvalue weighted by Gasteiger charge is 2.30. The van der Waals surface area contributed by atoms with Crippen LogP contribution in [0.2, 0.25) is 0 Å². The summed E-state index contributed by atoms with van der Waals surface area (Å²) in [5.41, 5.74) is -0.770. The maximum atomic E-state index is 12.2. The fraction of sp³-hybridized carbons (Fsp3) is 0.500. The number of alkyl halides is 3. The first kappa shape index (κ1) is 12.8. The predicted octanol–water partition coefficient (Wildman–Crippen LogP) is 2.28. The largest absolute Gasteiger partial charge is 0.417 e. The first-order chi connectivity index (χ1) is 7.39. The molecule has 2 N–H and O–H groups in total. The molecule has 0 amide bonds. The number of anilines is 1. The number of pyridine rings is 1. The molecule has 0 aliphatic rings. The van der Waals surface area contributed by atoms with E-state index in [0.29, 0.717) is 18.8 Å². The molecule has 0 aromatic carbocycles. The molecule has 0 radical (unpaired) electrons. The SMILES string of the molecule is CC(O)CCNc1ccc(C(F)(F)F)cn1. The van der Waals surface area contributed by atoms with Gasteiger partial charge in [-0.25, -0.2) is 4.98 Å². The van der Waals surface area contributed by atoms with Crippen LogP contribution in [-0.2, 0) is 6.18 Å². The third kappa shape index (κ3) is 4.06. The van der Waals surface area contributed by atoms with E-state index in [1.54, 1.807) is 6.92 Å². The van der Waals surface area contributed by atoms with Crippen LogP contribution in [0.3, 0.4) is 0 Å². The molecular weight excluding hydrogens is 221 g/mol. The predicted molar refractivity (Wildman–Crippen MR) is 54.0 cm³/mol. The van der Waals surface area contributed by atoms with E-state index in [2.05, 4.69) is 10.3 Å². The maximum absolute atomic E-state index is 12.2. The Morgan fingerprint density at radius 1 is 1.44 bits per heavy atom. The number of aromatic nitrogens is 1. The van der Waals surface area contributed by atoms with Crippen LogP contribution in [-0.4, -0.2) is 22.7 Å². The Morgan fingerprint density at radius 3 is 2.56 bits per heavy atom. The Labute approximate surface area is 91.3 Å². The smallest absolute Gasteiger partial charge is 0.393 e.